The minimum Gasteiger partial charge on any atom is -0.380 e. The van der Waals surface area contributed by atoms with Gasteiger partial charge in [-0.3, -0.25) is 0 Å². The molecule has 2 nitrogen and oxygen atoms in total. The summed E-state index contributed by atoms with van der Waals surface area (Å²) in [6.07, 6.45) is 2.17. The molecule has 0 aromatic rings. The summed E-state index contributed by atoms with van der Waals surface area (Å²) < 4.78 is 5.27. The minimum absolute atomic E-state index is 0.259. The molecule has 1 aliphatic heterocycles. The van der Waals surface area contributed by atoms with E-state index < -0.39 is 0 Å². The Morgan fingerprint density at radius 2 is 2.33 bits per heavy atom. The van der Waals surface area contributed by atoms with E-state index in [4.69, 9.17) is 16.3 Å². The highest BCUT2D eigenvalue weighted by molar-refractivity contribution is 6.20. The van der Waals surface area contributed by atoms with E-state index in [0.717, 1.165) is 26.1 Å². The van der Waals surface area contributed by atoms with Crippen molar-refractivity contribution in [3.8, 4) is 0 Å². The molecule has 0 aliphatic carbocycles. The molecule has 3 heteroatoms. The first-order chi connectivity index (χ1) is 5.68. The van der Waals surface area contributed by atoms with E-state index >= 15 is 0 Å². The van der Waals surface area contributed by atoms with Crippen LogP contribution in [0.2, 0.25) is 0 Å². The first-order valence-electron chi connectivity index (χ1n) is 4.66. The second kappa shape index (κ2) is 5.05. The molecule has 3 atom stereocenters. The molecule has 0 saturated carbocycles. The van der Waals surface area contributed by atoms with Crippen molar-refractivity contribution in [2.24, 2.45) is 0 Å². The molecule has 0 radical (unpaired) electrons. The van der Waals surface area contributed by atoms with Gasteiger partial charge in [0, 0.05) is 24.1 Å². The van der Waals surface area contributed by atoms with Gasteiger partial charge in [0.05, 0.1) is 6.61 Å². The van der Waals surface area contributed by atoms with Crippen molar-refractivity contribution in [1.82, 2.24) is 5.32 Å². The molecule has 1 aliphatic rings. The average Bonchev–Trinajstić information content (AvgIpc) is 2.37. The Morgan fingerprint density at radius 3 is 2.83 bits per heavy atom. The number of ether oxygens (including phenoxy) is 1. The number of alkyl halides is 1. The Morgan fingerprint density at radius 1 is 1.58 bits per heavy atom. The smallest absolute Gasteiger partial charge is 0.0620 e. The maximum absolute atomic E-state index is 5.89. The number of hydrogen-bond donors (Lipinski definition) is 1. The van der Waals surface area contributed by atoms with Crippen LogP contribution < -0.4 is 5.32 Å². The molecule has 0 aromatic carbocycles. The van der Waals surface area contributed by atoms with E-state index in [-0.39, 0.29) is 5.38 Å². The van der Waals surface area contributed by atoms with Crippen LogP contribution >= 0.6 is 11.6 Å². The van der Waals surface area contributed by atoms with Crippen LogP contribution in [0.3, 0.4) is 0 Å². The summed E-state index contributed by atoms with van der Waals surface area (Å²) in [7, 11) is 0. The zero-order valence-corrected chi connectivity index (χ0v) is 8.60. The average molecular weight is 192 g/mol. The fourth-order valence-corrected chi connectivity index (χ4v) is 1.89. The van der Waals surface area contributed by atoms with Gasteiger partial charge in [-0.05, 0) is 26.7 Å². The van der Waals surface area contributed by atoms with Gasteiger partial charge >= 0.3 is 0 Å². The van der Waals surface area contributed by atoms with E-state index in [0.29, 0.717) is 12.1 Å². The number of rotatable bonds is 4. The number of hydrogen-bond acceptors (Lipinski definition) is 2. The highest BCUT2D eigenvalue weighted by Gasteiger charge is 2.17. The molecular formula is C9H18ClNO. The summed E-state index contributed by atoms with van der Waals surface area (Å²) >= 11 is 5.89. The van der Waals surface area contributed by atoms with Crippen molar-refractivity contribution in [2.75, 3.05) is 13.2 Å². The molecule has 72 valence electrons. The second-order valence-electron chi connectivity index (χ2n) is 3.64. The van der Waals surface area contributed by atoms with Gasteiger partial charge in [0.15, 0.2) is 0 Å². The number of nitrogens with one attached hydrogen (secondary N) is 1. The van der Waals surface area contributed by atoms with Gasteiger partial charge in [0.2, 0.25) is 0 Å². The summed E-state index contributed by atoms with van der Waals surface area (Å²) in [5.74, 6) is 0. The van der Waals surface area contributed by atoms with Crippen molar-refractivity contribution < 1.29 is 4.74 Å². The van der Waals surface area contributed by atoms with Crippen molar-refractivity contribution in [2.45, 2.75) is 44.1 Å². The van der Waals surface area contributed by atoms with Crippen molar-refractivity contribution in [1.29, 1.82) is 0 Å². The van der Waals surface area contributed by atoms with Gasteiger partial charge < -0.3 is 10.1 Å². The van der Waals surface area contributed by atoms with Crippen LogP contribution in [0.25, 0.3) is 0 Å². The van der Waals surface area contributed by atoms with Crippen LogP contribution in [-0.4, -0.2) is 30.7 Å². The van der Waals surface area contributed by atoms with Gasteiger partial charge in [-0.1, -0.05) is 0 Å². The SMILES string of the molecule is CC(Cl)CC(C)NC1CCOC1. The second-order valence-corrected chi connectivity index (χ2v) is 4.39. The molecule has 0 aromatic heterocycles. The van der Waals surface area contributed by atoms with Gasteiger partial charge in [-0.25, -0.2) is 0 Å². The Balaban J connectivity index is 2.11. The summed E-state index contributed by atoms with van der Waals surface area (Å²) in [6.45, 7) is 5.98. The molecule has 1 N–H and O–H groups in total. The summed E-state index contributed by atoms with van der Waals surface area (Å²) in [5.41, 5.74) is 0. The Labute approximate surface area is 79.6 Å². The third-order valence-electron chi connectivity index (χ3n) is 2.13. The zero-order chi connectivity index (χ0) is 8.97. The molecular weight excluding hydrogens is 174 g/mol. The standard InChI is InChI=1S/C9H18ClNO/c1-7(10)5-8(2)11-9-3-4-12-6-9/h7-9,11H,3-6H2,1-2H3. The summed E-state index contributed by atoms with van der Waals surface area (Å²) in [5, 5.41) is 3.76. The Hall–Kier alpha value is 0.210. The van der Waals surface area contributed by atoms with Crippen LogP contribution in [0.15, 0.2) is 0 Å². The maximum Gasteiger partial charge on any atom is 0.0620 e. The lowest BCUT2D eigenvalue weighted by Gasteiger charge is -2.18. The Kier molecular flexibility index (Phi) is 4.33. The molecule has 12 heavy (non-hydrogen) atoms. The quantitative estimate of drug-likeness (QED) is 0.684. The van der Waals surface area contributed by atoms with E-state index in [1.54, 1.807) is 0 Å². The van der Waals surface area contributed by atoms with Crippen LogP contribution in [0.4, 0.5) is 0 Å². The molecule has 0 amide bonds. The van der Waals surface area contributed by atoms with Gasteiger partial charge in [0.1, 0.15) is 0 Å². The van der Waals surface area contributed by atoms with E-state index in [1.807, 2.05) is 6.92 Å². The Bertz CT molecular complexity index is 124. The lowest BCUT2D eigenvalue weighted by molar-refractivity contribution is 0.188. The number of halogens is 1. The first-order valence-corrected chi connectivity index (χ1v) is 5.10. The highest BCUT2D eigenvalue weighted by atomic mass is 35.5. The lowest BCUT2D eigenvalue weighted by Crippen LogP contribution is -2.37. The predicted octanol–water partition coefficient (Wildman–Crippen LogP) is 1.77. The molecule has 3 unspecified atom stereocenters. The predicted molar refractivity (Wildman–Crippen MR) is 51.8 cm³/mol. The monoisotopic (exact) mass is 191 g/mol. The summed E-state index contributed by atoms with van der Waals surface area (Å²) in [4.78, 5) is 0. The van der Waals surface area contributed by atoms with Gasteiger partial charge in [0.25, 0.3) is 0 Å². The van der Waals surface area contributed by atoms with Gasteiger partial charge in [-0.2, -0.15) is 0 Å². The third-order valence-corrected chi connectivity index (χ3v) is 2.31. The molecule has 0 spiro atoms. The van der Waals surface area contributed by atoms with Crippen molar-refractivity contribution in [3.63, 3.8) is 0 Å². The topological polar surface area (TPSA) is 21.3 Å². The van der Waals surface area contributed by atoms with Crippen LogP contribution in [0.1, 0.15) is 26.7 Å². The highest BCUT2D eigenvalue weighted by Crippen LogP contribution is 2.08. The fourth-order valence-electron chi connectivity index (χ4n) is 1.62. The molecule has 1 fully saturated rings. The maximum atomic E-state index is 5.89. The van der Waals surface area contributed by atoms with E-state index in [9.17, 15) is 0 Å². The minimum atomic E-state index is 0.259. The van der Waals surface area contributed by atoms with Crippen molar-refractivity contribution >= 4 is 11.6 Å². The van der Waals surface area contributed by atoms with Crippen molar-refractivity contribution in [3.05, 3.63) is 0 Å². The molecule has 1 heterocycles. The molecule has 1 saturated heterocycles. The normalized spacial score (nSPS) is 28.8. The van der Waals surface area contributed by atoms with Crippen LogP contribution in [0.5, 0.6) is 0 Å². The summed E-state index contributed by atoms with van der Waals surface area (Å²) in [6, 6.07) is 1.06. The first kappa shape index (κ1) is 10.3. The van der Waals surface area contributed by atoms with E-state index in [2.05, 4.69) is 12.2 Å². The van der Waals surface area contributed by atoms with Crippen LogP contribution in [0, 0.1) is 0 Å². The molecule has 0 bridgehead atoms. The fraction of sp³-hybridized carbons (Fsp3) is 1.00. The van der Waals surface area contributed by atoms with Gasteiger partial charge in [-0.15, -0.1) is 11.6 Å². The van der Waals surface area contributed by atoms with E-state index in [1.165, 1.54) is 0 Å². The molecule has 1 rings (SSSR count). The third kappa shape index (κ3) is 3.74. The lowest BCUT2D eigenvalue weighted by atomic mass is 10.1. The van der Waals surface area contributed by atoms with Crippen LogP contribution in [-0.2, 0) is 4.74 Å². The zero-order valence-electron chi connectivity index (χ0n) is 7.85. The largest absolute Gasteiger partial charge is 0.380 e.